The highest BCUT2D eigenvalue weighted by molar-refractivity contribution is 5.59. The molecule has 3 heteroatoms. The zero-order chi connectivity index (χ0) is 15.4. The van der Waals surface area contributed by atoms with Gasteiger partial charge in [0.2, 0.25) is 0 Å². The van der Waals surface area contributed by atoms with Crippen LogP contribution in [0.2, 0.25) is 0 Å². The molecule has 3 nitrogen and oxygen atoms in total. The van der Waals surface area contributed by atoms with Gasteiger partial charge in [-0.05, 0) is 37.6 Å². The van der Waals surface area contributed by atoms with E-state index >= 15 is 0 Å². The summed E-state index contributed by atoms with van der Waals surface area (Å²) in [5, 5.41) is 3.44. The molecule has 112 valence electrons. The predicted molar refractivity (Wildman–Crippen MR) is 90.2 cm³/mol. The third-order valence-corrected chi connectivity index (χ3v) is 3.65. The first kappa shape index (κ1) is 15.5. The number of benzene rings is 1. The van der Waals surface area contributed by atoms with Gasteiger partial charge in [-0.1, -0.05) is 37.6 Å². The predicted octanol–water partition coefficient (Wildman–Crippen LogP) is 3.96. The summed E-state index contributed by atoms with van der Waals surface area (Å²) in [5.41, 5.74) is 4.76. The highest BCUT2D eigenvalue weighted by Crippen LogP contribution is 2.23. The largest absolute Gasteiger partial charge is 0.329 e. The van der Waals surface area contributed by atoms with Crippen LogP contribution in [0.1, 0.15) is 30.7 Å². The Morgan fingerprint density at radius 3 is 2.29 bits per heavy atom. The summed E-state index contributed by atoms with van der Waals surface area (Å²) in [6.45, 7) is 9.35. The fourth-order valence-electron chi connectivity index (χ4n) is 2.16. The maximum absolute atomic E-state index is 4.74. The summed E-state index contributed by atoms with van der Waals surface area (Å²) >= 11 is 0. The Balaban J connectivity index is 2.17. The molecule has 21 heavy (non-hydrogen) atoms. The molecule has 1 aromatic carbocycles. The van der Waals surface area contributed by atoms with Gasteiger partial charge in [0, 0.05) is 31.0 Å². The van der Waals surface area contributed by atoms with E-state index in [9.17, 15) is 0 Å². The molecule has 0 radical (unpaired) electrons. The molecule has 0 saturated heterocycles. The smallest absolute Gasteiger partial charge is 0.132 e. The number of nitrogens with one attached hydrogen (secondary N) is 1. The summed E-state index contributed by atoms with van der Waals surface area (Å²) in [5.74, 6) is 0.977. The minimum Gasteiger partial charge on any atom is -0.329 e. The maximum Gasteiger partial charge on any atom is 0.132 e. The second kappa shape index (κ2) is 6.72. The lowest BCUT2D eigenvalue weighted by Gasteiger charge is -2.20. The second-order valence-electron chi connectivity index (χ2n) is 5.84. The van der Waals surface area contributed by atoms with Crippen LogP contribution in [0.3, 0.4) is 0 Å². The van der Waals surface area contributed by atoms with E-state index in [1.54, 1.807) is 0 Å². The van der Waals surface area contributed by atoms with Crippen LogP contribution >= 0.6 is 0 Å². The molecular formula is C18H25N3. The van der Waals surface area contributed by atoms with Crippen molar-refractivity contribution in [3.8, 4) is 0 Å². The van der Waals surface area contributed by atoms with E-state index in [1.807, 2.05) is 0 Å². The number of pyridine rings is 1. The van der Waals surface area contributed by atoms with E-state index in [0.29, 0.717) is 6.04 Å². The van der Waals surface area contributed by atoms with Crippen LogP contribution in [0.5, 0.6) is 0 Å². The number of rotatable bonds is 5. The normalized spacial score (nSPS) is 11.0. The van der Waals surface area contributed by atoms with Crippen molar-refractivity contribution in [3.63, 3.8) is 0 Å². The molecule has 1 heterocycles. The number of aromatic nitrogens is 1. The number of hydrogen-bond donors (Lipinski definition) is 1. The Morgan fingerprint density at radius 2 is 1.71 bits per heavy atom. The van der Waals surface area contributed by atoms with E-state index in [0.717, 1.165) is 23.7 Å². The minimum atomic E-state index is 0.485. The monoisotopic (exact) mass is 283 g/mol. The zero-order valence-corrected chi connectivity index (χ0v) is 13.6. The minimum absolute atomic E-state index is 0.485. The van der Waals surface area contributed by atoms with Crippen LogP contribution in [0.25, 0.3) is 0 Å². The van der Waals surface area contributed by atoms with Crippen molar-refractivity contribution >= 4 is 11.5 Å². The van der Waals surface area contributed by atoms with Gasteiger partial charge in [-0.2, -0.15) is 0 Å². The zero-order valence-electron chi connectivity index (χ0n) is 13.6. The highest BCUT2D eigenvalue weighted by Gasteiger charge is 2.08. The lowest BCUT2D eigenvalue weighted by molar-refractivity contribution is 0.586. The maximum atomic E-state index is 4.74. The summed E-state index contributed by atoms with van der Waals surface area (Å²) < 4.78 is 0. The third-order valence-electron chi connectivity index (χ3n) is 3.65. The lowest BCUT2D eigenvalue weighted by atomic mass is 10.2. The Hall–Kier alpha value is -1.87. The topological polar surface area (TPSA) is 28.2 Å². The quantitative estimate of drug-likeness (QED) is 0.900. The van der Waals surface area contributed by atoms with Crippen LogP contribution in [-0.4, -0.2) is 18.1 Å². The molecule has 1 aromatic heterocycles. The van der Waals surface area contributed by atoms with Crippen molar-refractivity contribution < 1.29 is 0 Å². The third kappa shape index (κ3) is 4.05. The van der Waals surface area contributed by atoms with Gasteiger partial charge in [0.15, 0.2) is 0 Å². The fourth-order valence-corrected chi connectivity index (χ4v) is 2.16. The van der Waals surface area contributed by atoms with Gasteiger partial charge in [-0.15, -0.1) is 0 Å². The summed E-state index contributed by atoms with van der Waals surface area (Å²) in [6.07, 6.45) is 0. The average molecular weight is 283 g/mol. The van der Waals surface area contributed by atoms with Crippen LogP contribution in [0.4, 0.5) is 11.5 Å². The summed E-state index contributed by atoms with van der Waals surface area (Å²) in [4.78, 5) is 6.85. The Kier molecular flexibility index (Phi) is 4.97. The van der Waals surface area contributed by atoms with Gasteiger partial charge in [-0.3, -0.25) is 0 Å². The molecule has 2 rings (SSSR count). The van der Waals surface area contributed by atoms with Crippen LogP contribution < -0.4 is 10.2 Å². The van der Waals surface area contributed by atoms with E-state index < -0.39 is 0 Å². The number of anilines is 2. The van der Waals surface area contributed by atoms with Gasteiger partial charge in [-0.25, -0.2) is 4.98 Å². The molecule has 1 N–H and O–H groups in total. The first-order chi connectivity index (χ1) is 9.97. The molecule has 2 aromatic rings. The molecule has 0 aliphatic rings. The van der Waals surface area contributed by atoms with Crippen LogP contribution in [0, 0.1) is 13.8 Å². The molecule has 0 aliphatic heterocycles. The Bertz CT molecular complexity index is 588. The van der Waals surface area contributed by atoms with E-state index in [1.165, 1.54) is 11.1 Å². The molecule has 0 aliphatic carbocycles. The molecule has 0 saturated carbocycles. The summed E-state index contributed by atoms with van der Waals surface area (Å²) in [6, 6.07) is 13.2. The van der Waals surface area contributed by atoms with E-state index in [-0.39, 0.29) is 0 Å². The number of aryl methyl sites for hydroxylation is 2. The van der Waals surface area contributed by atoms with Gasteiger partial charge in [0.05, 0.1) is 0 Å². The van der Waals surface area contributed by atoms with Crippen molar-refractivity contribution in [3.05, 3.63) is 53.2 Å². The van der Waals surface area contributed by atoms with Crippen molar-refractivity contribution in [2.45, 2.75) is 40.3 Å². The van der Waals surface area contributed by atoms with Gasteiger partial charge in [0.1, 0.15) is 5.82 Å². The van der Waals surface area contributed by atoms with Crippen molar-refractivity contribution in [2.24, 2.45) is 0 Å². The first-order valence-electron chi connectivity index (χ1n) is 7.47. The first-order valence-corrected chi connectivity index (χ1v) is 7.47. The Morgan fingerprint density at radius 1 is 1.05 bits per heavy atom. The molecule has 0 bridgehead atoms. The molecule has 0 atom stereocenters. The van der Waals surface area contributed by atoms with E-state index in [4.69, 9.17) is 4.98 Å². The molecule has 0 amide bonds. The number of nitrogens with zero attached hydrogens (tertiary/aromatic N) is 2. The summed E-state index contributed by atoms with van der Waals surface area (Å²) in [7, 11) is 2.05. The molecule has 0 fully saturated rings. The number of hydrogen-bond acceptors (Lipinski definition) is 3. The molecular weight excluding hydrogens is 258 g/mol. The molecule has 0 unspecified atom stereocenters. The van der Waals surface area contributed by atoms with Gasteiger partial charge in [0.25, 0.3) is 0 Å². The van der Waals surface area contributed by atoms with E-state index in [2.05, 4.69) is 81.4 Å². The Labute approximate surface area is 128 Å². The molecule has 0 spiro atoms. The average Bonchev–Trinajstić information content (AvgIpc) is 2.46. The van der Waals surface area contributed by atoms with Gasteiger partial charge < -0.3 is 10.2 Å². The standard InChI is InChI=1S/C18H25N3/c1-13(2)19-12-16-8-11-18(20-15(16)4)21(5)17-9-6-14(3)7-10-17/h6-11,13,19H,12H2,1-5H3. The SMILES string of the molecule is Cc1ccc(N(C)c2ccc(CNC(C)C)c(C)n2)cc1. The van der Waals surface area contributed by atoms with Crippen LogP contribution in [0.15, 0.2) is 36.4 Å². The van der Waals surface area contributed by atoms with Crippen LogP contribution in [-0.2, 0) is 6.54 Å². The second-order valence-corrected chi connectivity index (χ2v) is 5.84. The van der Waals surface area contributed by atoms with Crippen molar-refractivity contribution in [1.29, 1.82) is 0 Å². The van der Waals surface area contributed by atoms with Gasteiger partial charge >= 0.3 is 0 Å². The highest BCUT2D eigenvalue weighted by atomic mass is 15.2. The van der Waals surface area contributed by atoms with Crippen molar-refractivity contribution in [1.82, 2.24) is 10.3 Å². The van der Waals surface area contributed by atoms with Crippen molar-refractivity contribution in [2.75, 3.05) is 11.9 Å². The lowest BCUT2D eigenvalue weighted by Crippen LogP contribution is -2.22. The fraction of sp³-hybridized carbons (Fsp3) is 0.389.